The molecule has 0 unspecified atom stereocenters. The molecule has 8 heteroatoms. The molecule has 0 aliphatic heterocycles. The van der Waals surface area contributed by atoms with E-state index in [9.17, 15) is 20.1 Å². The van der Waals surface area contributed by atoms with E-state index < -0.39 is 24.3 Å². The van der Waals surface area contributed by atoms with Crippen molar-refractivity contribution in [3.05, 3.63) is 0 Å². The monoisotopic (exact) mass is 308 g/mol. The van der Waals surface area contributed by atoms with Crippen molar-refractivity contribution in [1.82, 2.24) is 0 Å². The third-order valence-corrected chi connectivity index (χ3v) is 4.55. The molecule has 17 heavy (non-hydrogen) atoms. The van der Waals surface area contributed by atoms with Gasteiger partial charge in [0.2, 0.25) is 0 Å². The van der Waals surface area contributed by atoms with E-state index >= 15 is 0 Å². The summed E-state index contributed by atoms with van der Waals surface area (Å²) in [5, 5.41) is 38.5. The molecule has 0 aromatic rings. The van der Waals surface area contributed by atoms with Crippen LogP contribution in [0.15, 0.2) is 0 Å². The molecule has 0 aromatic carbocycles. The van der Waals surface area contributed by atoms with Crippen molar-refractivity contribution in [1.29, 1.82) is 0 Å². The first-order valence-electron chi connectivity index (χ1n) is 4.93. The zero-order chi connectivity index (χ0) is 12.7. The Balaban J connectivity index is 0. The van der Waals surface area contributed by atoms with Crippen LogP contribution in [0.1, 0.15) is 13.8 Å². The predicted molar refractivity (Wildman–Crippen MR) is 63.1 cm³/mol. The Bertz CT molecular complexity index is 214. The van der Waals surface area contributed by atoms with Gasteiger partial charge in [-0.15, -0.1) is 23.5 Å². The minimum Gasteiger partial charge on any atom is -0.547 e. The molecule has 3 N–H and O–H groups in total. The van der Waals surface area contributed by atoms with Gasteiger partial charge in [-0.1, -0.05) is 13.8 Å². The van der Waals surface area contributed by atoms with Crippen LogP contribution < -0.4 is 56.5 Å². The van der Waals surface area contributed by atoms with E-state index in [2.05, 4.69) is 0 Å². The SMILES string of the molecule is CCSC(SCC)[C@H](O)[C@@H](O)[C@@H](O)C(=O)[O-].[K+]. The summed E-state index contributed by atoms with van der Waals surface area (Å²) in [7, 11) is 0. The smallest absolute Gasteiger partial charge is 0.547 e. The fraction of sp³-hybridized carbons (Fsp3) is 0.889. The Kier molecular flexibility index (Phi) is 14.2. The third kappa shape index (κ3) is 7.76. The molecule has 0 bridgehead atoms. The number of hydrogen-bond acceptors (Lipinski definition) is 7. The van der Waals surface area contributed by atoms with E-state index in [0.29, 0.717) is 0 Å². The van der Waals surface area contributed by atoms with Crippen LogP contribution >= 0.6 is 23.5 Å². The van der Waals surface area contributed by atoms with Crippen molar-refractivity contribution in [3.8, 4) is 0 Å². The van der Waals surface area contributed by atoms with Gasteiger partial charge in [0, 0.05) is 0 Å². The number of thioether (sulfide) groups is 2. The number of carboxylic acids is 1. The van der Waals surface area contributed by atoms with Crippen LogP contribution in [0.25, 0.3) is 0 Å². The second-order valence-corrected chi connectivity index (χ2v) is 6.16. The van der Waals surface area contributed by atoms with Gasteiger partial charge in [-0.3, -0.25) is 0 Å². The van der Waals surface area contributed by atoms with Crippen molar-refractivity contribution in [2.75, 3.05) is 11.5 Å². The van der Waals surface area contributed by atoms with Crippen molar-refractivity contribution in [3.63, 3.8) is 0 Å². The van der Waals surface area contributed by atoms with Gasteiger partial charge in [0.05, 0.1) is 10.6 Å². The fourth-order valence-electron chi connectivity index (χ4n) is 1.06. The Labute approximate surface area is 152 Å². The topological polar surface area (TPSA) is 101 Å². The van der Waals surface area contributed by atoms with Crippen LogP contribution in [0.3, 0.4) is 0 Å². The first kappa shape index (κ1) is 21.0. The van der Waals surface area contributed by atoms with Gasteiger partial charge < -0.3 is 25.2 Å². The first-order valence-corrected chi connectivity index (χ1v) is 7.03. The van der Waals surface area contributed by atoms with Gasteiger partial charge in [0.15, 0.2) is 0 Å². The maximum absolute atomic E-state index is 10.3. The minimum absolute atomic E-state index is 0. The maximum Gasteiger partial charge on any atom is 1.00 e. The van der Waals surface area contributed by atoms with E-state index in [1.54, 1.807) is 0 Å². The summed E-state index contributed by atoms with van der Waals surface area (Å²) in [6, 6.07) is 0. The Morgan fingerprint density at radius 2 is 1.53 bits per heavy atom. The van der Waals surface area contributed by atoms with E-state index in [1.165, 1.54) is 23.5 Å². The van der Waals surface area contributed by atoms with E-state index in [1.807, 2.05) is 13.8 Å². The molecule has 0 saturated heterocycles. The molecule has 0 amide bonds. The molecule has 0 aliphatic carbocycles. The molecule has 0 aliphatic rings. The molecule has 0 aromatic heterocycles. The average Bonchev–Trinajstić information content (AvgIpc) is 2.25. The molecule has 0 fully saturated rings. The van der Waals surface area contributed by atoms with Gasteiger partial charge in [0.25, 0.3) is 0 Å². The van der Waals surface area contributed by atoms with E-state index in [4.69, 9.17) is 5.11 Å². The van der Waals surface area contributed by atoms with Crippen LogP contribution in [-0.2, 0) is 4.79 Å². The Morgan fingerprint density at radius 1 is 1.12 bits per heavy atom. The molecular formula is C9H17KO5S2. The summed E-state index contributed by atoms with van der Waals surface area (Å²) in [6.07, 6.45) is -5.09. The summed E-state index contributed by atoms with van der Waals surface area (Å²) >= 11 is 2.79. The third-order valence-electron chi connectivity index (χ3n) is 1.86. The van der Waals surface area contributed by atoms with Crippen molar-refractivity contribution in [2.24, 2.45) is 0 Å². The summed E-state index contributed by atoms with van der Waals surface area (Å²) in [5.74, 6) is -0.334. The number of carbonyl (C=O) groups is 1. The molecule has 3 atom stereocenters. The van der Waals surface area contributed by atoms with Crippen LogP contribution in [0.5, 0.6) is 0 Å². The second kappa shape index (κ2) is 11.5. The number of aliphatic hydroxyl groups is 3. The zero-order valence-corrected chi connectivity index (χ0v) is 15.0. The first-order chi connectivity index (χ1) is 7.45. The Morgan fingerprint density at radius 3 is 1.82 bits per heavy atom. The number of carboxylic acid groups (broad SMARTS) is 1. The van der Waals surface area contributed by atoms with Crippen LogP contribution in [-0.4, -0.2) is 55.7 Å². The van der Waals surface area contributed by atoms with Gasteiger partial charge >= 0.3 is 51.4 Å². The minimum atomic E-state index is -2.06. The van der Waals surface area contributed by atoms with Crippen molar-refractivity contribution >= 4 is 29.5 Å². The summed E-state index contributed by atoms with van der Waals surface area (Å²) in [4.78, 5) is 10.3. The van der Waals surface area contributed by atoms with Crippen LogP contribution in [0, 0.1) is 0 Å². The Hall–Kier alpha value is 1.69. The summed E-state index contributed by atoms with van der Waals surface area (Å²) in [5.41, 5.74) is 0. The quantitative estimate of drug-likeness (QED) is 0.308. The number of carbonyl (C=O) groups excluding carboxylic acids is 1. The molecule has 0 spiro atoms. The largest absolute Gasteiger partial charge is 1.00 e. The molecule has 0 rings (SSSR count). The summed E-state index contributed by atoms with van der Waals surface area (Å²) in [6.45, 7) is 3.78. The van der Waals surface area contributed by atoms with Gasteiger partial charge in [0.1, 0.15) is 18.3 Å². The average molecular weight is 308 g/mol. The van der Waals surface area contributed by atoms with Crippen LogP contribution in [0.4, 0.5) is 0 Å². The summed E-state index contributed by atoms with van der Waals surface area (Å²) < 4.78 is -0.362. The molecule has 5 nitrogen and oxygen atoms in total. The molecule has 0 heterocycles. The maximum atomic E-state index is 10.3. The number of aliphatic carboxylic acids is 1. The van der Waals surface area contributed by atoms with Crippen LogP contribution in [0.2, 0.25) is 0 Å². The fourth-order valence-corrected chi connectivity index (χ4v) is 3.64. The van der Waals surface area contributed by atoms with E-state index in [0.717, 1.165) is 11.5 Å². The van der Waals surface area contributed by atoms with Gasteiger partial charge in [-0.05, 0) is 11.5 Å². The number of aliphatic hydroxyl groups excluding tert-OH is 3. The number of rotatable bonds is 8. The van der Waals surface area contributed by atoms with E-state index in [-0.39, 0.29) is 56.0 Å². The van der Waals surface area contributed by atoms with Crippen molar-refractivity contribution < 1.29 is 76.6 Å². The standard InChI is InChI=1S/C9H18O5S2.K/c1-3-15-9(16-4-2)7(12)5(10)6(11)8(13)14;/h5-7,9-12H,3-4H2,1-2H3,(H,13,14);/q;+1/p-1/t5-,6+,7+;/m0./s1. The predicted octanol–water partition coefficient (Wildman–Crippen LogP) is -4.34. The number of hydrogen-bond donors (Lipinski definition) is 3. The normalized spacial score (nSPS) is 16.1. The van der Waals surface area contributed by atoms with Crippen molar-refractivity contribution in [2.45, 2.75) is 36.7 Å². The molecular weight excluding hydrogens is 291 g/mol. The second-order valence-electron chi connectivity index (χ2n) is 3.02. The molecule has 96 valence electrons. The van der Waals surface area contributed by atoms with Gasteiger partial charge in [-0.25, -0.2) is 0 Å². The molecule has 0 radical (unpaired) electrons. The molecule has 0 saturated carbocycles. The zero-order valence-electron chi connectivity index (χ0n) is 10.2. The van der Waals surface area contributed by atoms with Gasteiger partial charge in [-0.2, -0.15) is 0 Å².